The Kier molecular flexibility index (Phi) is 4.46. The van der Waals surface area contributed by atoms with Gasteiger partial charge in [0.05, 0.1) is 0 Å². The van der Waals surface area contributed by atoms with E-state index in [1.807, 2.05) is 38.1 Å². The van der Waals surface area contributed by atoms with Gasteiger partial charge in [0.15, 0.2) is 0 Å². The van der Waals surface area contributed by atoms with Crippen LogP contribution in [-0.2, 0) is 0 Å². The van der Waals surface area contributed by atoms with E-state index in [1.165, 1.54) is 12.4 Å². The number of nitrogens with two attached hydrogens (primary N) is 1. The van der Waals surface area contributed by atoms with E-state index in [1.54, 1.807) is 0 Å². The van der Waals surface area contributed by atoms with Gasteiger partial charge < -0.3 is 11.1 Å². The molecule has 0 saturated heterocycles. The van der Waals surface area contributed by atoms with Crippen LogP contribution in [0.3, 0.4) is 0 Å². The van der Waals surface area contributed by atoms with Crippen LogP contribution in [0.25, 0.3) is 17.7 Å². The quantitative estimate of drug-likeness (QED) is 0.759. The summed E-state index contributed by atoms with van der Waals surface area (Å²) in [4.78, 5) is 0. The third-order valence-corrected chi connectivity index (χ3v) is 2.47. The average molecular weight is 226 g/mol. The van der Waals surface area contributed by atoms with Crippen molar-refractivity contribution in [2.75, 3.05) is 0 Å². The van der Waals surface area contributed by atoms with Crippen molar-refractivity contribution in [2.45, 2.75) is 13.8 Å². The molecule has 88 valence electrons. The Morgan fingerprint density at radius 1 is 1.35 bits per heavy atom. The third kappa shape index (κ3) is 3.18. The van der Waals surface area contributed by atoms with Crippen molar-refractivity contribution in [3.05, 3.63) is 52.6 Å². The largest absolute Gasteiger partial charge is 0.404 e. The lowest BCUT2D eigenvalue weighted by Crippen LogP contribution is -2.24. The Morgan fingerprint density at radius 2 is 2.06 bits per heavy atom. The molecule has 0 aliphatic rings. The number of hydrogen-bond donors (Lipinski definition) is 2. The zero-order valence-electron chi connectivity index (χ0n) is 10.3. The van der Waals surface area contributed by atoms with Gasteiger partial charge in [0.2, 0.25) is 0 Å². The van der Waals surface area contributed by atoms with E-state index >= 15 is 0 Å². The van der Waals surface area contributed by atoms with Crippen LogP contribution in [0.2, 0.25) is 0 Å². The highest BCUT2D eigenvalue weighted by atomic mass is 14.5. The minimum Gasteiger partial charge on any atom is -0.404 e. The molecule has 0 unspecified atom stereocenters. The minimum absolute atomic E-state index is 0.712. The lowest BCUT2D eigenvalue weighted by molar-refractivity contribution is 1.45. The minimum atomic E-state index is 0.712. The zero-order chi connectivity index (χ0) is 12.8. The number of allylic oxidation sites excluding steroid dienone is 2. The van der Waals surface area contributed by atoms with Gasteiger partial charge in [-0.05, 0) is 35.9 Å². The molecule has 0 aromatic heterocycles. The lowest BCUT2D eigenvalue weighted by atomic mass is 10.0. The summed E-state index contributed by atoms with van der Waals surface area (Å²) in [5.41, 5.74) is 8.14. The molecule has 0 atom stereocenters. The third-order valence-electron chi connectivity index (χ3n) is 2.47. The van der Waals surface area contributed by atoms with Crippen LogP contribution < -0.4 is 16.2 Å². The predicted molar refractivity (Wildman–Crippen MR) is 76.1 cm³/mol. The second-order valence-corrected chi connectivity index (χ2v) is 3.89. The Labute approximate surface area is 102 Å². The van der Waals surface area contributed by atoms with Gasteiger partial charge in [0.25, 0.3) is 0 Å². The number of benzene rings is 1. The molecule has 1 aromatic carbocycles. The van der Waals surface area contributed by atoms with E-state index in [-0.39, 0.29) is 0 Å². The second kappa shape index (κ2) is 5.85. The molecule has 0 heterocycles. The number of nitrogens with one attached hydrogen (secondary N) is 1. The van der Waals surface area contributed by atoms with Crippen LogP contribution in [0, 0.1) is 5.41 Å². The topological polar surface area (TPSA) is 49.9 Å². The van der Waals surface area contributed by atoms with Gasteiger partial charge in [0.1, 0.15) is 0 Å². The molecule has 0 aliphatic heterocycles. The van der Waals surface area contributed by atoms with Crippen molar-refractivity contribution in [2.24, 2.45) is 5.73 Å². The van der Waals surface area contributed by atoms with Crippen molar-refractivity contribution in [1.82, 2.24) is 0 Å². The molecule has 0 amide bonds. The summed E-state index contributed by atoms with van der Waals surface area (Å²) in [6, 6.07) is 6.01. The Balaban J connectivity index is 3.54. The fourth-order valence-electron chi connectivity index (χ4n) is 1.64. The van der Waals surface area contributed by atoms with Gasteiger partial charge >= 0.3 is 0 Å². The fourth-order valence-corrected chi connectivity index (χ4v) is 1.64. The van der Waals surface area contributed by atoms with E-state index in [0.717, 1.165) is 21.6 Å². The van der Waals surface area contributed by atoms with Gasteiger partial charge in [-0.2, -0.15) is 0 Å². The first-order valence-corrected chi connectivity index (χ1v) is 5.48. The Morgan fingerprint density at radius 3 is 2.53 bits per heavy atom. The molecule has 1 aromatic rings. The van der Waals surface area contributed by atoms with Crippen molar-refractivity contribution in [3.63, 3.8) is 0 Å². The SMILES string of the molecule is C=C(C)/C=c1/cc(/C(C=N)=C/N)cc/c1=C/C. The summed E-state index contributed by atoms with van der Waals surface area (Å²) in [6.45, 7) is 7.85. The highest BCUT2D eigenvalue weighted by Gasteiger charge is 1.97. The summed E-state index contributed by atoms with van der Waals surface area (Å²) in [5.74, 6) is 0. The molecule has 2 heteroatoms. The molecule has 0 aliphatic carbocycles. The summed E-state index contributed by atoms with van der Waals surface area (Å²) in [5, 5.41) is 9.55. The maximum Gasteiger partial charge on any atom is 0.0270 e. The zero-order valence-corrected chi connectivity index (χ0v) is 10.3. The van der Waals surface area contributed by atoms with Gasteiger partial charge in [-0.15, -0.1) is 0 Å². The van der Waals surface area contributed by atoms with Crippen LogP contribution in [0.15, 0.2) is 36.6 Å². The van der Waals surface area contributed by atoms with Crippen LogP contribution in [0.4, 0.5) is 0 Å². The molecular weight excluding hydrogens is 208 g/mol. The monoisotopic (exact) mass is 226 g/mol. The van der Waals surface area contributed by atoms with Gasteiger partial charge in [-0.25, -0.2) is 0 Å². The predicted octanol–water partition coefficient (Wildman–Crippen LogP) is 1.79. The van der Waals surface area contributed by atoms with E-state index in [9.17, 15) is 0 Å². The molecule has 1 rings (SSSR count). The van der Waals surface area contributed by atoms with Gasteiger partial charge in [-0.3, -0.25) is 0 Å². The Hall–Kier alpha value is -2.09. The molecular formula is C15H18N2. The molecule has 2 nitrogen and oxygen atoms in total. The number of hydrogen-bond acceptors (Lipinski definition) is 2. The summed E-state index contributed by atoms with van der Waals surface area (Å²) >= 11 is 0. The van der Waals surface area contributed by atoms with Crippen LogP contribution in [-0.4, -0.2) is 6.21 Å². The molecule has 0 fully saturated rings. The van der Waals surface area contributed by atoms with E-state index in [2.05, 4.69) is 12.7 Å². The van der Waals surface area contributed by atoms with Crippen LogP contribution >= 0.6 is 0 Å². The molecule has 3 N–H and O–H groups in total. The first kappa shape index (κ1) is 13.0. The van der Waals surface area contributed by atoms with Crippen molar-refractivity contribution in [3.8, 4) is 0 Å². The van der Waals surface area contributed by atoms with Crippen LogP contribution in [0.1, 0.15) is 19.4 Å². The van der Waals surface area contributed by atoms with E-state index in [0.29, 0.717) is 5.57 Å². The lowest BCUT2D eigenvalue weighted by Gasteiger charge is -2.01. The number of rotatable bonds is 3. The van der Waals surface area contributed by atoms with E-state index < -0.39 is 0 Å². The van der Waals surface area contributed by atoms with Crippen molar-refractivity contribution in [1.29, 1.82) is 5.41 Å². The van der Waals surface area contributed by atoms with Gasteiger partial charge in [0, 0.05) is 18.0 Å². The molecule has 0 saturated carbocycles. The van der Waals surface area contributed by atoms with E-state index in [4.69, 9.17) is 11.1 Å². The molecule has 17 heavy (non-hydrogen) atoms. The standard InChI is InChI=1S/C15H18N2/c1-4-12-5-6-13(15(9-16)10-17)8-14(12)7-11(2)3/h4-10,16H,2,17H2,1,3H3/b12-4-,14-7-,15-10+,16-9?. The first-order valence-electron chi connectivity index (χ1n) is 5.48. The van der Waals surface area contributed by atoms with Crippen molar-refractivity contribution < 1.29 is 0 Å². The fraction of sp³-hybridized carbons (Fsp3) is 0.133. The molecule has 0 radical (unpaired) electrons. The summed E-state index contributed by atoms with van der Waals surface area (Å²) < 4.78 is 0. The molecule has 0 bridgehead atoms. The summed E-state index contributed by atoms with van der Waals surface area (Å²) in [7, 11) is 0. The normalized spacial score (nSPS) is 13.9. The highest BCUT2D eigenvalue weighted by molar-refractivity contribution is 6.08. The van der Waals surface area contributed by atoms with Crippen molar-refractivity contribution >= 4 is 23.9 Å². The maximum atomic E-state index is 7.30. The van der Waals surface area contributed by atoms with Crippen LogP contribution in [0.5, 0.6) is 0 Å². The Bertz CT molecular complexity index is 577. The molecule has 0 spiro atoms. The average Bonchev–Trinajstić information content (AvgIpc) is 2.30. The second-order valence-electron chi connectivity index (χ2n) is 3.89. The smallest absolute Gasteiger partial charge is 0.0270 e. The first-order chi connectivity index (χ1) is 8.12. The summed E-state index contributed by atoms with van der Waals surface area (Å²) in [6.07, 6.45) is 6.78. The highest BCUT2D eigenvalue weighted by Crippen LogP contribution is 2.06. The maximum absolute atomic E-state index is 7.30. The van der Waals surface area contributed by atoms with Gasteiger partial charge in [-0.1, -0.05) is 36.4 Å².